The molecule has 1 aromatic heterocycles. The van der Waals surface area contributed by atoms with E-state index in [-0.39, 0.29) is 0 Å². The number of fused-ring (bicyclic) bond motifs is 1. The standard InChI is InChI=1S/C11H15NO/c1-2-11(13)7-3-5-9-6-4-8-12-10(9)11/h4,6,8,13H,2-3,5,7H2,1H3/t11-/m1/s1. The van der Waals surface area contributed by atoms with Gasteiger partial charge in [-0.15, -0.1) is 0 Å². The predicted octanol–water partition coefficient (Wildman–Crippen LogP) is 2.02. The van der Waals surface area contributed by atoms with E-state index in [1.54, 1.807) is 6.20 Å². The molecule has 2 rings (SSSR count). The van der Waals surface area contributed by atoms with Gasteiger partial charge in [0, 0.05) is 6.20 Å². The molecule has 0 fully saturated rings. The molecule has 1 aliphatic carbocycles. The second-order valence-electron chi connectivity index (χ2n) is 3.75. The Bertz CT molecular complexity index is 311. The van der Waals surface area contributed by atoms with Gasteiger partial charge in [-0.2, -0.15) is 0 Å². The van der Waals surface area contributed by atoms with Crippen molar-refractivity contribution >= 4 is 0 Å². The summed E-state index contributed by atoms with van der Waals surface area (Å²) in [5.74, 6) is 0. The minimum absolute atomic E-state index is 0.658. The molecule has 70 valence electrons. The summed E-state index contributed by atoms with van der Waals surface area (Å²) in [5, 5.41) is 10.3. The molecule has 0 unspecified atom stereocenters. The van der Waals surface area contributed by atoms with E-state index in [2.05, 4.69) is 11.1 Å². The molecule has 1 aromatic rings. The van der Waals surface area contributed by atoms with E-state index in [1.807, 2.05) is 13.0 Å². The van der Waals surface area contributed by atoms with E-state index in [9.17, 15) is 5.11 Å². The highest BCUT2D eigenvalue weighted by Gasteiger charge is 2.33. The molecule has 0 aliphatic heterocycles. The first kappa shape index (κ1) is 8.70. The summed E-state index contributed by atoms with van der Waals surface area (Å²) in [6.45, 7) is 2.02. The van der Waals surface area contributed by atoms with Gasteiger partial charge in [0.25, 0.3) is 0 Å². The molecule has 0 amide bonds. The van der Waals surface area contributed by atoms with Crippen LogP contribution in [0, 0.1) is 0 Å². The van der Waals surface area contributed by atoms with Crippen molar-refractivity contribution in [1.29, 1.82) is 0 Å². The van der Waals surface area contributed by atoms with Gasteiger partial charge in [-0.05, 0) is 37.3 Å². The lowest BCUT2D eigenvalue weighted by atomic mass is 9.81. The quantitative estimate of drug-likeness (QED) is 0.711. The minimum atomic E-state index is -0.658. The molecule has 0 radical (unpaired) electrons. The fraction of sp³-hybridized carbons (Fsp3) is 0.545. The molecule has 1 aliphatic rings. The van der Waals surface area contributed by atoms with Crippen LogP contribution in [0.25, 0.3) is 0 Å². The number of rotatable bonds is 1. The van der Waals surface area contributed by atoms with Gasteiger partial charge in [-0.3, -0.25) is 4.98 Å². The van der Waals surface area contributed by atoms with Crippen LogP contribution in [0.1, 0.15) is 37.4 Å². The van der Waals surface area contributed by atoms with Crippen LogP contribution in [0.5, 0.6) is 0 Å². The fourth-order valence-corrected chi connectivity index (χ4v) is 2.09. The molecule has 13 heavy (non-hydrogen) atoms. The maximum atomic E-state index is 10.3. The van der Waals surface area contributed by atoms with Crippen molar-refractivity contribution in [2.45, 2.75) is 38.2 Å². The second-order valence-corrected chi connectivity index (χ2v) is 3.75. The molecule has 2 heteroatoms. The van der Waals surface area contributed by atoms with Gasteiger partial charge in [0.15, 0.2) is 0 Å². The monoisotopic (exact) mass is 177 g/mol. The lowest BCUT2D eigenvalue weighted by molar-refractivity contribution is 0.0103. The van der Waals surface area contributed by atoms with Crippen LogP contribution < -0.4 is 0 Å². The third-order valence-electron chi connectivity index (χ3n) is 2.95. The highest BCUT2D eigenvalue weighted by atomic mass is 16.3. The lowest BCUT2D eigenvalue weighted by Crippen LogP contribution is -2.30. The lowest BCUT2D eigenvalue weighted by Gasteiger charge is -2.32. The first-order chi connectivity index (χ1) is 6.26. The summed E-state index contributed by atoms with van der Waals surface area (Å²) < 4.78 is 0. The van der Waals surface area contributed by atoms with Crippen molar-refractivity contribution in [3.63, 3.8) is 0 Å². The van der Waals surface area contributed by atoms with Crippen LogP contribution in [0.3, 0.4) is 0 Å². The van der Waals surface area contributed by atoms with E-state index >= 15 is 0 Å². The third kappa shape index (κ3) is 1.35. The number of aliphatic hydroxyl groups is 1. The number of aromatic nitrogens is 1. The molecular formula is C11H15NO. The van der Waals surface area contributed by atoms with Gasteiger partial charge in [0.05, 0.1) is 5.69 Å². The molecule has 0 aromatic carbocycles. The largest absolute Gasteiger partial charge is 0.384 e. The number of nitrogens with zero attached hydrogens (tertiary/aromatic N) is 1. The molecule has 2 nitrogen and oxygen atoms in total. The van der Waals surface area contributed by atoms with Crippen molar-refractivity contribution in [3.8, 4) is 0 Å². The highest BCUT2D eigenvalue weighted by Crippen LogP contribution is 2.35. The molecule has 1 heterocycles. The van der Waals surface area contributed by atoms with Crippen molar-refractivity contribution in [2.24, 2.45) is 0 Å². The second kappa shape index (κ2) is 3.11. The van der Waals surface area contributed by atoms with Gasteiger partial charge in [-0.1, -0.05) is 13.0 Å². The van der Waals surface area contributed by atoms with Crippen molar-refractivity contribution < 1.29 is 5.11 Å². The normalized spacial score (nSPS) is 26.9. The van der Waals surface area contributed by atoms with Crippen molar-refractivity contribution in [2.75, 3.05) is 0 Å². The Labute approximate surface area is 78.6 Å². The topological polar surface area (TPSA) is 33.1 Å². The third-order valence-corrected chi connectivity index (χ3v) is 2.95. The average Bonchev–Trinajstić information content (AvgIpc) is 2.19. The van der Waals surface area contributed by atoms with Crippen LogP contribution in [-0.4, -0.2) is 10.1 Å². The predicted molar refractivity (Wildman–Crippen MR) is 51.4 cm³/mol. The summed E-state index contributed by atoms with van der Waals surface area (Å²) in [6.07, 6.45) is 5.52. The Hall–Kier alpha value is -0.890. The number of hydrogen-bond donors (Lipinski definition) is 1. The van der Waals surface area contributed by atoms with Crippen LogP contribution in [0.15, 0.2) is 18.3 Å². The molecule has 0 bridgehead atoms. The summed E-state index contributed by atoms with van der Waals surface area (Å²) in [7, 11) is 0. The highest BCUT2D eigenvalue weighted by molar-refractivity contribution is 5.27. The van der Waals surface area contributed by atoms with E-state index in [0.717, 1.165) is 31.4 Å². The van der Waals surface area contributed by atoms with Crippen LogP contribution in [-0.2, 0) is 12.0 Å². The summed E-state index contributed by atoms with van der Waals surface area (Å²) in [5.41, 5.74) is 1.47. The Morgan fingerprint density at radius 3 is 3.23 bits per heavy atom. The zero-order valence-corrected chi connectivity index (χ0v) is 7.95. The Morgan fingerprint density at radius 2 is 2.46 bits per heavy atom. The zero-order valence-electron chi connectivity index (χ0n) is 7.95. The first-order valence-electron chi connectivity index (χ1n) is 4.93. The molecule has 1 N–H and O–H groups in total. The van der Waals surface area contributed by atoms with Crippen LogP contribution in [0.2, 0.25) is 0 Å². The number of hydrogen-bond acceptors (Lipinski definition) is 2. The van der Waals surface area contributed by atoms with Gasteiger partial charge in [0.1, 0.15) is 5.60 Å². The maximum absolute atomic E-state index is 10.3. The Kier molecular flexibility index (Phi) is 2.08. The van der Waals surface area contributed by atoms with E-state index in [0.29, 0.717) is 0 Å². The van der Waals surface area contributed by atoms with Gasteiger partial charge in [0.2, 0.25) is 0 Å². The van der Waals surface area contributed by atoms with Crippen molar-refractivity contribution in [3.05, 3.63) is 29.6 Å². The molecule has 0 saturated carbocycles. The molecule has 0 spiro atoms. The smallest absolute Gasteiger partial charge is 0.107 e. The van der Waals surface area contributed by atoms with Crippen LogP contribution >= 0.6 is 0 Å². The van der Waals surface area contributed by atoms with Gasteiger partial charge in [-0.25, -0.2) is 0 Å². The summed E-state index contributed by atoms with van der Waals surface area (Å²) >= 11 is 0. The molecular weight excluding hydrogens is 162 g/mol. The average molecular weight is 177 g/mol. The number of aryl methyl sites for hydroxylation is 1. The van der Waals surface area contributed by atoms with Gasteiger partial charge < -0.3 is 5.11 Å². The van der Waals surface area contributed by atoms with Crippen LogP contribution in [0.4, 0.5) is 0 Å². The summed E-state index contributed by atoms with van der Waals surface area (Å²) in [6, 6.07) is 4.02. The first-order valence-corrected chi connectivity index (χ1v) is 4.93. The number of pyridine rings is 1. The van der Waals surface area contributed by atoms with E-state index in [1.165, 1.54) is 5.56 Å². The Morgan fingerprint density at radius 1 is 1.62 bits per heavy atom. The zero-order chi connectivity index (χ0) is 9.31. The fourth-order valence-electron chi connectivity index (χ4n) is 2.09. The Balaban J connectivity index is 2.48. The maximum Gasteiger partial charge on any atom is 0.107 e. The molecule has 1 atom stereocenters. The molecule has 0 saturated heterocycles. The van der Waals surface area contributed by atoms with Gasteiger partial charge >= 0.3 is 0 Å². The van der Waals surface area contributed by atoms with Crippen molar-refractivity contribution in [1.82, 2.24) is 4.98 Å². The minimum Gasteiger partial charge on any atom is -0.384 e. The van der Waals surface area contributed by atoms with E-state index in [4.69, 9.17) is 0 Å². The SMILES string of the molecule is CC[C@@]1(O)CCCc2cccnc21. The summed E-state index contributed by atoms with van der Waals surface area (Å²) in [4.78, 5) is 4.29. The van der Waals surface area contributed by atoms with E-state index < -0.39 is 5.60 Å².